The summed E-state index contributed by atoms with van der Waals surface area (Å²) in [6, 6.07) is 0. The number of nitrogens with two attached hydrogens (primary N) is 1. The average Bonchev–Trinajstić information content (AvgIpc) is 2.90. The van der Waals surface area contributed by atoms with Gasteiger partial charge in [0, 0.05) is 4.91 Å². The van der Waals surface area contributed by atoms with E-state index in [0.717, 1.165) is 0 Å². The highest BCUT2D eigenvalue weighted by molar-refractivity contribution is 7.66. The third-order valence-corrected chi connectivity index (χ3v) is 7.75. The number of anilines is 1. The van der Waals surface area contributed by atoms with Gasteiger partial charge in [0.05, 0.1) is 19.3 Å². The second-order valence-corrected chi connectivity index (χ2v) is 10.8. The number of azide groups is 1. The summed E-state index contributed by atoms with van der Waals surface area (Å²) in [6.07, 6.45) is -6.78. The van der Waals surface area contributed by atoms with Crippen LogP contribution in [0.3, 0.4) is 0 Å². The molecule has 192 valence electrons. The van der Waals surface area contributed by atoms with Crippen molar-refractivity contribution in [2.24, 2.45) is 5.11 Å². The van der Waals surface area contributed by atoms with Crippen molar-refractivity contribution in [3.63, 3.8) is 0 Å². The van der Waals surface area contributed by atoms with Crippen LogP contribution in [0, 0.1) is 5.82 Å². The summed E-state index contributed by atoms with van der Waals surface area (Å²) in [5, 5.41) is 13.3. The summed E-state index contributed by atoms with van der Waals surface area (Å²) >= 11 is 0. The van der Waals surface area contributed by atoms with Crippen LogP contribution < -0.4 is 11.4 Å². The van der Waals surface area contributed by atoms with Crippen molar-refractivity contribution in [2.75, 3.05) is 18.9 Å². The number of hydrogen-bond donors (Lipinski definition) is 6. The molecule has 2 unspecified atom stereocenters. The number of phosphoric ester groups is 1. The number of ether oxygens (including phenoxy) is 1. The Kier molecular flexibility index (Phi) is 8.39. The molecule has 24 heteroatoms. The highest BCUT2D eigenvalue weighted by atomic mass is 31.3. The van der Waals surface area contributed by atoms with E-state index in [9.17, 15) is 37.3 Å². The minimum atomic E-state index is -5.91. The summed E-state index contributed by atoms with van der Waals surface area (Å²) in [7, 11) is -17.4. The minimum absolute atomic E-state index is 0.224. The molecule has 2 heterocycles. The predicted octanol–water partition coefficient (Wildman–Crippen LogP) is -0.415. The van der Waals surface area contributed by atoms with Gasteiger partial charge in [0.15, 0.2) is 24.0 Å². The van der Waals surface area contributed by atoms with E-state index in [-0.39, 0.29) is 4.57 Å². The molecule has 0 amide bonds. The van der Waals surface area contributed by atoms with Gasteiger partial charge in [-0.05, 0) is 5.53 Å². The van der Waals surface area contributed by atoms with Crippen LogP contribution in [-0.2, 0) is 31.6 Å². The molecule has 0 aliphatic carbocycles. The molecular formula is C10H15F2N6O13P3. The molecule has 0 saturated carbocycles. The molecule has 1 fully saturated rings. The van der Waals surface area contributed by atoms with E-state index in [0.29, 0.717) is 6.20 Å². The van der Waals surface area contributed by atoms with Gasteiger partial charge in [0.1, 0.15) is 11.7 Å². The van der Waals surface area contributed by atoms with Crippen molar-refractivity contribution in [2.45, 2.75) is 24.1 Å². The van der Waals surface area contributed by atoms with Gasteiger partial charge in [-0.2, -0.15) is 13.6 Å². The number of aromatic nitrogens is 2. The number of hydrogen-bond acceptors (Lipinski definition) is 12. The molecule has 1 aliphatic heterocycles. The lowest BCUT2D eigenvalue weighted by atomic mass is 9.97. The number of aliphatic hydroxyl groups excluding tert-OH is 1. The molecule has 0 aromatic carbocycles. The second kappa shape index (κ2) is 10.0. The third-order valence-electron chi connectivity index (χ3n) is 3.97. The van der Waals surface area contributed by atoms with Gasteiger partial charge in [-0.1, -0.05) is 5.11 Å². The van der Waals surface area contributed by atoms with Gasteiger partial charge in [-0.3, -0.25) is 9.09 Å². The second-order valence-electron chi connectivity index (χ2n) is 6.38. The third kappa shape index (κ3) is 6.87. The Hall–Kier alpha value is -1.82. The quantitative estimate of drug-likeness (QED) is 0.0920. The number of halogens is 2. The molecule has 1 aromatic rings. The maximum absolute atomic E-state index is 14.8. The molecule has 34 heavy (non-hydrogen) atoms. The maximum Gasteiger partial charge on any atom is 0.490 e. The Morgan fingerprint density at radius 1 is 1.29 bits per heavy atom. The fourth-order valence-corrected chi connectivity index (χ4v) is 5.69. The summed E-state index contributed by atoms with van der Waals surface area (Å²) in [5.41, 5.74) is 9.74. The van der Waals surface area contributed by atoms with E-state index in [1.807, 2.05) is 0 Å². The number of nitrogen functional groups attached to an aromatic ring is 1. The smallest absolute Gasteiger partial charge is 0.387 e. The Morgan fingerprint density at radius 2 is 1.91 bits per heavy atom. The van der Waals surface area contributed by atoms with Crippen LogP contribution in [0.15, 0.2) is 16.1 Å². The standard InChI is InChI=1S/C10H15F2N6O13P3/c11-4-1-18(9(20)16-7(4)13)8-5(12)6(19)10(29-8,2-15-17-14)3-28-33(24,25)31-34(26,27)30-32(21,22)23/h1,5-6,8,19H,2-3H2,(H,24,25)(H,26,27)(H2,13,16,20)(H2,21,22,23)/t5-,6+,8-,10-/m1/s1. The van der Waals surface area contributed by atoms with E-state index < -0.39 is 78.0 Å². The molecule has 1 aromatic heterocycles. The first kappa shape index (κ1) is 28.4. The highest BCUT2D eigenvalue weighted by Crippen LogP contribution is 2.66. The van der Waals surface area contributed by atoms with Gasteiger partial charge in [0.2, 0.25) is 0 Å². The van der Waals surface area contributed by atoms with Crippen molar-refractivity contribution in [1.82, 2.24) is 9.55 Å². The molecule has 0 bridgehead atoms. The molecule has 6 atom stereocenters. The molecule has 0 spiro atoms. The Labute approximate surface area is 185 Å². The summed E-state index contributed by atoms with van der Waals surface area (Å²) in [4.78, 5) is 53.1. The topological polar surface area (TPSA) is 299 Å². The zero-order chi connectivity index (χ0) is 26.1. The monoisotopic (exact) mass is 558 g/mol. The summed E-state index contributed by atoms with van der Waals surface area (Å²) < 4.78 is 79.3. The highest BCUT2D eigenvalue weighted by Gasteiger charge is 2.57. The van der Waals surface area contributed by atoms with E-state index in [1.165, 1.54) is 0 Å². The number of aliphatic hydroxyl groups is 1. The lowest BCUT2D eigenvalue weighted by Crippen LogP contribution is -2.48. The first-order valence-corrected chi connectivity index (χ1v) is 12.8. The first-order valence-electron chi connectivity index (χ1n) is 8.25. The lowest BCUT2D eigenvalue weighted by molar-refractivity contribution is -0.120. The maximum atomic E-state index is 14.8. The predicted molar refractivity (Wildman–Crippen MR) is 100 cm³/mol. The zero-order valence-electron chi connectivity index (χ0n) is 16.1. The van der Waals surface area contributed by atoms with Crippen LogP contribution >= 0.6 is 23.5 Å². The zero-order valence-corrected chi connectivity index (χ0v) is 18.8. The van der Waals surface area contributed by atoms with Crippen molar-refractivity contribution in [1.29, 1.82) is 0 Å². The van der Waals surface area contributed by atoms with Crippen molar-refractivity contribution in [3.05, 3.63) is 32.9 Å². The Balaban J connectivity index is 2.34. The fourth-order valence-electron chi connectivity index (χ4n) is 2.61. The Morgan fingerprint density at radius 3 is 2.47 bits per heavy atom. The van der Waals surface area contributed by atoms with Crippen molar-refractivity contribution >= 4 is 29.3 Å². The largest absolute Gasteiger partial charge is 0.490 e. The van der Waals surface area contributed by atoms with Gasteiger partial charge in [-0.25, -0.2) is 27.3 Å². The van der Waals surface area contributed by atoms with Crippen LogP contribution in [0.1, 0.15) is 6.23 Å². The van der Waals surface area contributed by atoms with E-state index in [4.69, 9.17) is 30.7 Å². The van der Waals surface area contributed by atoms with Crippen LogP contribution in [-0.4, -0.2) is 65.3 Å². The fraction of sp³-hybridized carbons (Fsp3) is 0.600. The van der Waals surface area contributed by atoms with E-state index in [1.54, 1.807) is 0 Å². The van der Waals surface area contributed by atoms with Gasteiger partial charge in [0.25, 0.3) is 0 Å². The van der Waals surface area contributed by atoms with Crippen LogP contribution in [0.5, 0.6) is 0 Å². The van der Waals surface area contributed by atoms with E-state index >= 15 is 0 Å². The average molecular weight is 558 g/mol. The summed E-state index contributed by atoms with van der Waals surface area (Å²) in [6.45, 7) is -2.50. The number of alkyl halides is 1. The van der Waals surface area contributed by atoms with Crippen LogP contribution in [0.2, 0.25) is 0 Å². The molecule has 1 saturated heterocycles. The number of nitrogens with zero attached hydrogens (tertiary/aromatic N) is 5. The molecular weight excluding hydrogens is 543 g/mol. The molecule has 19 nitrogen and oxygen atoms in total. The minimum Gasteiger partial charge on any atom is -0.387 e. The lowest BCUT2D eigenvalue weighted by Gasteiger charge is -2.30. The van der Waals surface area contributed by atoms with Crippen LogP contribution in [0.4, 0.5) is 14.6 Å². The van der Waals surface area contributed by atoms with Gasteiger partial charge < -0.3 is 35.2 Å². The summed E-state index contributed by atoms with van der Waals surface area (Å²) in [5.74, 6) is -2.13. The SMILES string of the molecule is [N-]=[N+]=NC[C@]1(COP(=O)(O)OP(=O)(O)OP(=O)(O)O)O[C@@H](n2cc(F)c(N)nc2=O)[C@H](F)[C@@H]1O. The van der Waals surface area contributed by atoms with Crippen LogP contribution in [0.25, 0.3) is 10.4 Å². The van der Waals surface area contributed by atoms with Gasteiger partial charge >= 0.3 is 29.2 Å². The first-order chi connectivity index (χ1) is 15.4. The molecule has 2 rings (SSSR count). The Bertz CT molecular complexity index is 1190. The van der Waals surface area contributed by atoms with Gasteiger partial charge in [-0.15, -0.1) is 0 Å². The number of rotatable bonds is 10. The molecule has 7 N–H and O–H groups in total. The molecule has 0 radical (unpaired) electrons. The normalized spacial score (nSPS) is 28.6. The van der Waals surface area contributed by atoms with E-state index in [2.05, 4.69) is 28.2 Å². The number of phosphoric acid groups is 3. The molecule has 1 aliphatic rings. The van der Waals surface area contributed by atoms with Crippen molar-refractivity contribution in [3.8, 4) is 0 Å². The van der Waals surface area contributed by atoms with Crippen molar-refractivity contribution < 1.29 is 65.0 Å².